The highest BCUT2D eigenvalue weighted by Gasteiger charge is 2.12. The molecule has 0 fully saturated rings. The van der Waals surface area contributed by atoms with Crippen molar-refractivity contribution in [2.45, 2.75) is 26.9 Å². The molecule has 128 valence electrons. The third-order valence-corrected chi connectivity index (χ3v) is 3.21. The van der Waals surface area contributed by atoms with E-state index in [-0.39, 0.29) is 12.0 Å². The Bertz CT molecular complexity index is 680. The highest BCUT2D eigenvalue weighted by Crippen LogP contribution is 2.29. The number of ether oxygens (including phenoxy) is 3. The van der Waals surface area contributed by atoms with Gasteiger partial charge in [0.1, 0.15) is 5.75 Å². The third kappa shape index (κ3) is 4.65. The van der Waals surface area contributed by atoms with Crippen LogP contribution in [0.5, 0.6) is 17.2 Å². The number of carbonyl (C=O) groups excluding carboxylic acids is 1. The first-order valence-electron chi connectivity index (χ1n) is 7.92. The summed E-state index contributed by atoms with van der Waals surface area (Å²) in [7, 11) is 1.55. The second-order valence-corrected chi connectivity index (χ2v) is 5.44. The molecule has 0 radical (unpaired) electrons. The quantitative estimate of drug-likeness (QED) is 0.829. The van der Waals surface area contributed by atoms with Gasteiger partial charge in [-0.2, -0.15) is 0 Å². The molecule has 5 heteroatoms. The first-order chi connectivity index (χ1) is 11.5. The van der Waals surface area contributed by atoms with Crippen LogP contribution in [0.15, 0.2) is 42.5 Å². The monoisotopic (exact) mass is 329 g/mol. The molecule has 0 saturated carbocycles. The zero-order chi connectivity index (χ0) is 17.5. The number of hydrogen-bond donors (Lipinski definition) is 1. The maximum atomic E-state index is 12.4. The van der Waals surface area contributed by atoms with Crippen molar-refractivity contribution in [3.05, 3.63) is 48.0 Å². The molecule has 1 N–H and O–H groups in total. The van der Waals surface area contributed by atoms with Gasteiger partial charge in [0.2, 0.25) is 0 Å². The molecule has 0 spiro atoms. The summed E-state index contributed by atoms with van der Waals surface area (Å²) < 4.78 is 16.3. The molecule has 2 aromatic rings. The van der Waals surface area contributed by atoms with Gasteiger partial charge in [-0.1, -0.05) is 0 Å². The van der Waals surface area contributed by atoms with Gasteiger partial charge >= 0.3 is 0 Å². The first kappa shape index (κ1) is 17.7. The molecule has 0 aromatic heterocycles. The maximum absolute atomic E-state index is 12.4. The van der Waals surface area contributed by atoms with E-state index in [0.29, 0.717) is 29.4 Å². The van der Waals surface area contributed by atoms with E-state index < -0.39 is 0 Å². The Morgan fingerprint density at radius 3 is 2.38 bits per heavy atom. The van der Waals surface area contributed by atoms with Crippen molar-refractivity contribution in [1.29, 1.82) is 0 Å². The molecule has 24 heavy (non-hydrogen) atoms. The van der Waals surface area contributed by atoms with Crippen LogP contribution in [0.2, 0.25) is 0 Å². The van der Waals surface area contributed by atoms with Gasteiger partial charge in [0.25, 0.3) is 5.91 Å². The van der Waals surface area contributed by atoms with Crippen LogP contribution in [0.1, 0.15) is 31.1 Å². The standard InChI is InChI=1S/C19H23NO4/c1-5-23-16-9-7-15(8-10-16)20-19(21)14-6-11-17(24-13(2)3)18(12-14)22-4/h6-13H,5H2,1-4H3,(H,20,21). The minimum absolute atomic E-state index is 0.0300. The van der Waals surface area contributed by atoms with Gasteiger partial charge < -0.3 is 19.5 Å². The Labute approximate surface area is 142 Å². The average molecular weight is 329 g/mol. The van der Waals surface area contributed by atoms with Crippen LogP contribution in [-0.4, -0.2) is 25.7 Å². The van der Waals surface area contributed by atoms with Crippen LogP contribution in [0, 0.1) is 0 Å². The lowest BCUT2D eigenvalue weighted by molar-refractivity contribution is 0.102. The largest absolute Gasteiger partial charge is 0.494 e. The molecule has 5 nitrogen and oxygen atoms in total. The van der Waals surface area contributed by atoms with E-state index in [1.54, 1.807) is 37.4 Å². The van der Waals surface area contributed by atoms with Crippen molar-refractivity contribution in [3.8, 4) is 17.2 Å². The number of carbonyl (C=O) groups is 1. The fourth-order valence-corrected chi connectivity index (χ4v) is 2.16. The summed E-state index contributed by atoms with van der Waals surface area (Å²) in [6.45, 7) is 6.41. The van der Waals surface area contributed by atoms with Crippen molar-refractivity contribution < 1.29 is 19.0 Å². The van der Waals surface area contributed by atoms with Crippen molar-refractivity contribution >= 4 is 11.6 Å². The van der Waals surface area contributed by atoms with Crippen LogP contribution in [0.4, 0.5) is 5.69 Å². The average Bonchev–Trinajstić information content (AvgIpc) is 2.56. The summed E-state index contributed by atoms with van der Waals surface area (Å²) in [4.78, 5) is 12.4. The Kier molecular flexibility index (Phi) is 6.07. The van der Waals surface area contributed by atoms with E-state index >= 15 is 0 Å². The molecule has 0 heterocycles. The molecule has 0 saturated heterocycles. The normalized spacial score (nSPS) is 10.4. The summed E-state index contributed by atoms with van der Waals surface area (Å²) in [6, 6.07) is 12.4. The molecule has 0 aliphatic rings. The number of methoxy groups -OCH3 is 1. The number of benzene rings is 2. The van der Waals surface area contributed by atoms with Crippen LogP contribution in [0.3, 0.4) is 0 Å². The first-order valence-corrected chi connectivity index (χ1v) is 7.92. The minimum Gasteiger partial charge on any atom is -0.494 e. The maximum Gasteiger partial charge on any atom is 0.255 e. The highest BCUT2D eigenvalue weighted by molar-refractivity contribution is 6.04. The fraction of sp³-hybridized carbons (Fsp3) is 0.316. The number of anilines is 1. The minimum atomic E-state index is -0.214. The van der Waals surface area contributed by atoms with Crippen LogP contribution >= 0.6 is 0 Å². The summed E-state index contributed by atoms with van der Waals surface area (Å²) in [6.07, 6.45) is 0.0300. The van der Waals surface area contributed by atoms with Crippen molar-refractivity contribution in [2.24, 2.45) is 0 Å². The summed E-state index contributed by atoms with van der Waals surface area (Å²) in [5, 5.41) is 2.85. The molecular weight excluding hydrogens is 306 g/mol. The van der Waals surface area contributed by atoms with E-state index in [4.69, 9.17) is 14.2 Å². The molecule has 0 bridgehead atoms. The Morgan fingerprint density at radius 2 is 1.79 bits per heavy atom. The third-order valence-electron chi connectivity index (χ3n) is 3.21. The summed E-state index contributed by atoms with van der Waals surface area (Å²) >= 11 is 0. The zero-order valence-corrected chi connectivity index (χ0v) is 14.5. The number of nitrogens with one attached hydrogen (secondary N) is 1. The van der Waals surface area contributed by atoms with Gasteiger partial charge in [-0.25, -0.2) is 0 Å². The summed E-state index contributed by atoms with van der Waals surface area (Å²) in [5.74, 6) is 1.70. The molecule has 1 amide bonds. The Balaban J connectivity index is 2.11. The lowest BCUT2D eigenvalue weighted by Crippen LogP contribution is -2.13. The zero-order valence-electron chi connectivity index (χ0n) is 14.5. The van der Waals surface area contributed by atoms with Crippen LogP contribution in [0.25, 0.3) is 0 Å². The molecule has 2 rings (SSSR count). The molecule has 0 aliphatic carbocycles. The van der Waals surface area contributed by atoms with E-state index in [0.717, 1.165) is 5.75 Å². The van der Waals surface area contributed by atoms with Gasteiger partial charge in [-0.05, 0) is 63.2 Å². The smallest absolute Gasteiger partial charge is 0.255 e. The fourth-order valence-electron chi connectivity index (χ4n) is 2.16. The van der Waals surface area contributed by atoms with Gasteiger partial charge in [0.05, 0.1) is 19.8 Å². The van der Waals surface area contributed by atoms with Gasteiger partial charge in [0, 0.05) is 11.3 Å². The van der Waals surface area contributed by atoms with E-state index in [1.165, 1.54) is 0 Å². The number of hydrogen-bond acceptors (Lipinski definition) is 4. The topological polar surface area (TPSA) is 56.8 Å². The predicted molar refractivity (Wildman–Crippen MR) is 94.3 cm³/mol. The van der Waals surface area contributed by atoms with Crippen LogP contribution < -0.4 is 19.5 Å². The lowest BCUT2D eigenvalue weighted by Gasteiger charge is -2.14. The molecule has 0 aliphatic heterocycles. The molecule has 0 unspecified atom stereocenters. The second kappa shape index (κ2) is 8.24. The molecule has 2 aromatic carbocycles. The second-order valence-electron chi connectivity index (χ2n) is 5.44. The SMILES string of the molecule is CCOc1ccc(NC(=O)c2ccc(OC(C)C)c(OC)c2)cc1. The van der Waals surface area contributed by atoms with Crippen LogP contribution in [-0.2, 0) is 0 Å². The van der Waals surface area contributed by atoms with E-state index in [9.17, 15) is 4.79 Å². The van der Waals surface area contributed by atoms with E-state index in [2.05, 4.69) is 5.32 Å². The van der Waals surface area contributed by atoms with Crippen molar-refractivity contribution in [1.82, 2.24) is 0 Å². The van der Waals surface area contributed by atoms with Gasteiger partial charge in [0.15, 0.2) is 11.5 Å². The van der Waals surface area contributed by atoms with Gasteiger partial charge in [-0.3, -0.25) is 4.79 Å². The lowest BCUT2D eigenvalue weighted by atomic mass is 10.1. The number of amides is 1. The van der Waals surface area contributed by atoms with Crippen molar-refractivity contribution in [2.75, 3.05) is 19.0 Å². The highest BCUT2D eigenvalue weighted by atomic mass is 16.5. The van der Waals surface area contributed by atoms with Gasteiger partial charge in [-0.15, -0.1) is 0 Å². The van der Waals surface area contributed by atoms with E-state index in [1.807, 2.05) is 32.9 Å². The number of rotatable bonds is 7. The Morgan fingerprint density at radius 1 is 1.08 bits per heavy atom. The Hall–Kier alpha value is -2.69. The summed E-state index contributed by atoms with van der Waals surface area (Å²) in [5.41, 5.74) is 1.20. The van der Waals surface area contributed by atoms with Crippen molar-refractivity contribution in [3.63, 3.8) is 0 Å². The predicted octanol–water partition coefficient (Wildman–Crippen LogP) is 4.13. The molecular formula is C19H23NO4. The molecule has 0 atom stereocenters.